The second-order valence-electron chi connectivity index (χ2n) is 32.9. The van der Waals surface area contributed by atoms with Crippen LogP contribution in [0.1, 0.15) is 154 Å². The van der Waals surface area contributed by atoms with E-state index in [9.17, 15) is 9.59 Å². The molecule has 0 fully saturated rings. The van der Waals surface area contributed by atoms with Gasteiger partial charge in [-0.25, -0.2) is 0 Å². The SMILES string of the molecule is CC1(C)c2ccccc2Nc2ccccc21.CC1(C)c2ccccc2Nc2ccccc21.CC1(C)c2ccccc2Nc2ccccc21.CC1(C)c2ccccc2Nc2ccccc21.Cc1cc2c(cc1-c1ccncc1)C(=O)c1cc(-c3ccncc3)c(C)cc1-2.Cc1cc2c(cc1Br)C(=O)c1cc(Br)c(C)cc1-2.OB(O)c1ccncc1. The molecule has 6 N–H and O–H groups in total. The van der Waals surface area contributed by atoms with Crippen LogP contribution in [0.3, 0.4) is 0 Å². The molecule has 0 bridgehead atoms. The van der Waals surface area contributed by atoms with Gasteiger partial charge >= 0.3 is 7.12 Å². The van der Waals surface area contributed by atoms with Crippen molar-refractivity contribution in [2.24, 2.45) is 0 Å². The normalized spacial score (nSPS) is 13.9. The van der Waals surface area contributed by atoms with Gasteiger partial charge in [-0.3, -0.25) is 24.5 Å². The predicted molar refractivity (Wildman–Crippen MR) is 499 cm³/mol. The lowest BCUT2D eigenvalue weighted by Crippen LogP contribution is -2.29. The van der Waals surface area contributed by atoms with Crippen LogP contribution in [0.15, 0.2) is 325 Å². The number of ketones is 2. The van der Waals surface area contributed by atoms with Gasteiger partial charge in [-0.2, -0.15) is 0 Å². The minimum atomic E-state index is -1.38. The Balaban J connectivity index is 0.000000111. The summed E-state index contributed by atoms with van der Waals surface area (Å²) in [5.74, 6) is 0.206. The molecule has 0 spiro atoms. The molecule has 2 aliphatic carbocycles. The first kappa shape index (κ1) is 81.7. The number of benzene rings is 12. The van der Waals surface area contributed by atoms with Crippen molar-refractivity contribution in [3.63, 3.8) is 0 Å². The third-order valence-corrected chi connectivity index (χ3v) is 25.5. The summed E-state index contributed by atoms with van der Waals surface area (Å²) in [6.07, 6.45) is 10.1. The molecule has 0 atom stereocenters. The van der Waals surface area contributed by atoms with Crippen molar-refractivity contribution in [3.8, 4) is 44.5 Å². The molecule has 12 aromatic carbocycles. The lowest BCUT2D eigenvalue weighted by atomic mass is 9.74. The number of hydrogen-bond acceptors (Lipinski definition) is 11. The number of carbonyl (C=O) groups is 2. The number of rotatable bonds is 3. The maximum atomic E-state index is 13.3. The zero-order valence-electron chi connectivity index (χ0n) is 68.9. The van der Waals surface area contributed by atoms with Gasteiger partial charge in [0.15, 0.2) is 11.6 Å². The zero-order chi connectivity index (χ0) is 83.7. The number of fused-ring (bicyclic) bond motifs is 14. The molecule has 11 nitrogen and oxygen atoms in total. The van der Waals surface area contributed by atoms with E-state index in [1.165, 1.54) is 102 Å². The Labute approximate surface area is 715 Å². The highest BCUT2D eigenvalue weighted by Gasteiger charge is 2.37. The van der Waals surface area contributed by atoms with Crippen LogP contribution < -0.4 is 26.7 Å². The molecule has 6 aliphatic rings. The topological polar surface area (TPSA) is 161 Å². The summed E-state index contributed by atoms with van der Waals surface area (Å²) in [7, 11) is -1.38. The highest BCUT2D eigenvalue weighted by atomic mass is 79.9. The van der Waals surface area contributed by atoms with Crippen molar-refractivity contribution >= 4 is 102 Å². The summed E-state index contributed by atoms with van der Waals surface area (Å²) in [6.45, 7) is 26.5. The van der Waals surface area contributed by atoms with Crippen LogP contribution in [-0.2, 0) is 21.7 Å². The number of nitrogens with zero attached hydrogens (tertiary/aromatic N) is 3. The van der Waals surface area contributed by atoms with Gasteiger partial charge in [-0.05, 0) is 266 Å². The largest absolute Gasteiger partial charge is 0.488 e. The van der Waals surface area contributed by atoms with Crippen molar-refractivity contribution in [2.45, 2.75) is 105 Å². The molecular formula is C105H94BBr2N7O4. The molecule has 0 saturated carbocycles. The van der Waals surface area contributed by atoms with Crippen molar-refractivity contribution in [2.75, 3.05) is 21.3 Å². The Hall–Kier alpha value is -12.4. The quantitative estimate of drug-likeness (QED) is 0.0934. The van der Waals surface area contributed by atoms with Crippen LogP contribution in [0, 0.1) is 27.7 Å². The first-order valence-corrected chi connectivity index (χ1v) is 41.7. The van der Waals surface area contributed by atoms with Crippen LogP contribution in [0.25, 0.3) is 44.5 Å². The predicted octanol–water partition coefficient (Wildman–Crippen LogP) is 25.7. The van der Waals surface area contributed by atoms with E-state index in [4.69, 9.17) is 10.0 Å². The highest BCUT2D eigenvalue weighted by Crippen LogP contribution is 2.51. The molecule has 590 valence electrons. The Kier molecular flexibility index (Phi) is 23.3. The highest BCUT2D eigenvalue weighted by molar-refractivity contribution is 9.10. The van der Waals surface area contributed by atoms with Crippen molar-refractivity contribution in [1.29, 1.82) is 0 Å². The second kappa shape index (κ2) is 33.9. The van der Waals surface area contributed by atoms with E-state index in [0.29, 0.717) is 5.46 Å². The van der Waals surface area contributed by atoms with E-state index >= 15 is 0 Å². The molecule has 3 aromatic heterocycles. The molecule has 7 heterocycles. The third-order valence-electron chi connectivity index (χ3n) is 23.8. The molecule has 0 amide bonds. The number of aryl methyl sites for hydroxylation is 4. The van der Waals surface area contributed by atoms with E-state index in [2.05, 4.69) is 356 Å². The Bertz CT molecular complexity index is 5610. The molecule has 119 heavy (non-hydrogen) atoms. The van der Waals surface area contributed by atoms with Gasteiger partial charge in [-0.15, -0.1) is 0 Å². The standard InChI is InChI=1S/C25H18N2O.C15H10Br2O.4C15H15N.C5H6BNO2/c1-15-11-21-22-12-16(2)20(18-5-9-27-10-6-18)14-24(22)25(28)23(21)13-19(15)17-3-7-26-8-4-17;1-7-3-9-10-4-8(2)14(17)6-12(10)15(18)11(9)5-13(7)16;4*1-15(2)11-7-3-5-9-13(11)16-14-10-6-4-8-12(14)15;8-6(9)5-1-3-7-4-2-5/h3-14H,1-2H3;3-6H,1-2H3;4*3-10,16H,1-2H3;1-4,8-9H. The Morgan fingerprint density at radius 2 is 0.462 bits per heavy atom. The minimum absolute atomic E-state index is 0.0818. The van der Waals surface area contributed by atoms with Gasteiger partial charge < -0.3 is 31.3 Å². The molecular weight excluding hydrogens is 1590 g/mol. The molecule has 15 aromatic rings. The van der Waals surface area contributed by atoms with E-state index in [0.717, 1.165) is 98.0 Å². The van der Waals surface area contributed by atoms with Gasteiger partial charge in [0.1, 0.15) is 0 Å². The van der Waals surface area contributed by atoms with Crippen LogP contribution in [-0.4, -0.2) is 43.7 Å². The zero-order valence-corrected chi connectivity index (χ0v) is 72.1. The molecule has 4 aliphatic heterocycles. The summed E-state index contributed by atoms with van der Waals surface area (Å²) in [5, 5.41) is 31.1. The summed E-state index contributed by atoms with van der Waals surface area (Å²) in [6, 6.07) is 95.7. The summed E-state index contributed by atoms with van der Waals surface area (Å²) < 4.78 is 1.97. The summed E-state index contributed by atoms with van der Waals surface area (Å²) >= 11 is 6.98. The van der Waals surface area contributed by atoms with E-state index in [1.807, 2.05) is 62.4 Å². The fourth-order valence-corrected chi connectivity index (χ4v) is 17.9. The first-order valence-electron chi connectivity index (χ1n) is 40.1. The number of nitrogens with one attached hydrogen (secondary N) is 4. The molecule has 14 heteroatoms. The third kappa shape index (κ3) is 16.3. The van der Waals surface area contributed by atoms with Gasteiger partial charge in [0.25, 0.3) is 0 Å². The number of anilines is 8. The number of hydrogen-bond donors (Lipinski definition) is 6. The lowest BCUT2D eigenvalue weighted by Gasteiger charge is -2.35. The van der Waals surface area contributed by atoms with Crippen LogP contribution in [0.2, 0.25) is 0 Å². The van der Waals surface area contributed by atoms with E-state index in [-0.39, 0.29) is 33.2 Å². The Morgan fingerprint density at radius 1 is 0.261 bits per heavy atom. The van der Waals surface area contributed by atoms with Crippen LogP contribution in [0.5, 0.6) is 0 Å². The number of halogens is 2. The maximum absolute atomic E-state index is 13.3. The van der Waals surface area contributed by atoms with Crippen molar-refractivity contribution in [1.82, 2.24) is 15.0 Å². The van der Waals surface area contributed by atoms with Gasteiger partial charge in [0.05, 0.1) is 0 Å². The van der Waals surface area contributed by atoms with Crippen molar-refractivity contribution in [3.05, 3.63) is 414 Å². The van der Waals surface area contributed by atoms with Gasteiger partial charge in [-0.1, -0.05) is 245 Å². The molecule has 21 rings (SSSR count). The molecule has 0 saturated heterocycles. The molecule has 0 radical (unpaired) electrons. The second-order valence-corrected chi connectivity index (χ2v) is 34.6. The minimum Gasteiger partial charge on any atom is -0.423 e. The maximum Gasteiger partial charge on any atom is 0.488 e. The monoisotopic (exact) mass is 1690 g/mol. The average Bonchev–Trinajstić information content (AvgIpc) is 1.67. The average molecular weight is 1690 g/mol. The number of carbonyl (C=O) groups excluding carboxylic acids is 2. The fraction of sp³-hybridized carbons (Fsp3) is 0.152. The summed E-state index contributed by atoms with van der Waals surface area (Å²) in [4.78, 5) is 37.5. The van der Waals surface area contributed by atoms with E-state index in [1.54, 1.807) is 36.9 Å². The fourth-order valence-electron chi connectivity index (χ4n) is 17.2. The first-order chi connectivity index (χ1) is 57.2. The van der Waals surface area contributed by atoms with Crippen LogP contribution >= 0.6 is 31.9 Å². The van der Waals surface area contributed by atoms with E-state index < -0.39 is 7.12 Å². The number of aromatic nitrogens is 3. The smallest absolute Gasteiger partial charge is 0.423 e. The number of pyridine rings is 3. The van der Waals surface area contributed by atoms with Gasteiger partial charge in [0.2, 0.25) is 0 Å². The number of para-hydroxylation sites is 8. The van der Waals surface area contributed by atoms with Crippen LogP contribution in [0.4, 0.5) is 45.5 Å². The van der Waals surface area contributed by atoms with Gasteiger partial charge in [0, 0.05) is 136 Å². The summed E-state index contributed by atoms with van der Waals surface area (Å²) in [5.41, 5.74) is 37.8. The molecule has 0 unspecified atom stereocenters. The Morgan fingerprint density at radius 3 is 0.681 bits per heavy atom. The van der Waals surface area contributed by atoms with Crippen molar-refractivity contribution < 1.29 is 19.6 Å². The lowest BCUT2D eigenvalue weighted by molar-refractivity contribution is 0.103.